The smallest absolute Gasteiger partial charge is 0.173 e. The molecule has 0 aliphatic heterocycles. The Kier molecular flexibility index (Phi) is 4.18. The van der Waals surface area contributed by atoms with Gasteiger partial charge < -0.3 is 4.74 Å². The van der Waals surface area contributed by atoms with Gasteiger partial charge in [0.15, 0.2) is 5.78 Å². The molecule has 2 atom stereocenters. The number of benzene rings is 1. The molecule has 0 radical (unpaired) electrons. The van der Waals surface area contributed by atoms with Crippen molar-refractivity contribution in [2.24, 2.45) is 11.8 Å². The molecule has 2 rings (SSSR count). The van der Waals surface area contributed by atoms with Crippen LogP contribution in [-0.4, -0.2) is 12.4 Å². The Morgan fingerprint density at radius 3 is 2.76 bits per heavy atom. The van der Waals surface area contributed by atoms with Gasteiger partial charge >= 0.3 is 0 Å². The first-order valence-corrected chi connectivity index (χ1v) is 6.46. The molecule has 0 bridgehead atoms. The molecule has 2 unspecified atom stereocenters. The molecule has 17 heavy (non-hydrogen) atoms. The summed E-state index contributed by atoms with van der Waals surface area (Å²) in [6.07, 6.45) is 4.53. The van der Waals surface area contributed by atoms with E-state index in [4.69, 9.17) is 4.74 Å². The number of ketones is 1. The zero-order chi connectivity index (χ0) is 12.1. The molecular formula is C15H20O2. The van der Waals surface area contributed by atoms with Gasteiger partial charge in [-0.1, -0.05) is 38.0 Å². The molecular weight excluding hydrogens is 212 g/mol. The summed E-state index contributed by atoms with van der Waals surface area (Å²) in [4.78, 5) is 12.0. The summed E-state index contributed by atoms with van der Waals surface area (Å²) in [6.45, 7) is 2.46. The van der Waals surface area contributed by atoms with Gasteiger partial charge in [0.05, 0.1) is 0 Å². The van der Waals surface area contributed by atoms with Crippen LogP contribution in [0.2, 0.25) is 0 Å². The summed E-state index contributed by atoms with van der Waals surface area (Å²) in [5, 5.41) is 0. The van der Waals surface area contributed by atoms with Gasteiger partial charge in [-0.25, -0.2) is 0 Å². The van der Waals surface area contributed by atoms with E-state index in [1.54, 1.807) is 0 Å². The lowest BCUT2D eigenvalue weighted by Gasteiger charge is -2.25. The van der Waals surface area contributed by atoms with Crippen LogP contribution in [0, 0.1) is 11.8 Å². The van der Waals surface area contributed by atoms with Gasteiger partial charge in [0.25, 0.3) is 0 Å². The van der Waals surface area contributed by atoms with E-state index in [-0.39, 0.29) is 18.3 Å². The molecule has 92 valence electrons. The Morgan fingerprint density at radius 1 is 1.29 bits per heavy atom. The van der Waals surface area contributed by atoms with Crippen LogP contribution in [0.3, 0.4) is 0 Å². The minimum absolute atomic E-state index is 0.224. The SMILES string of the molecule is CC1CCCC(C(=O)COc2ccccc2)C1. The number of carbonyl (C=O) groups is 1. The summed E-state index contributed by atoms with van der Waals surface area (Å²) in [5.41, 5.74) is 0. The molecule has 0 spiro atoms. The largest absolute Gasteiger partial charge is 0.486 e. The first-order chi connectivity index (χ1) is 8.25. The van der Waals surface area contributed by atoms with E-state index < -0.39 is 0 Å². The fourth-order valence-electron chi connectivity index (χ4n) is 2.52. The van der Waals surface area contributed by atoms with Crippen molar-refractivity contribution in [2.45, 2.75) is 32.6 Å². The Morgan fingerprint density at radius 2 is 2.06 bits per heavy atom. The van der Waals surface area contributed by atoms with Crippen LogP contribution in [0.1, 0.15) is 32.6 Å². The molecule has 0 aromatic heterocycles. The van der Waals surface area contributed by atoms with Crippen molar-refractivity contribution >= 4 is 5.78 Å². The minimum Gasteiger partial charge on any atom is -0.486 e. The summed E-state index contributed by atoms with van der Waals surface area (Å²) in [7, 11) is 0. The summed E-state index contributed by atoms with van der Waals surface area (Å²) in [5.74, 6) is 1.96. The van der Waals surface area contributed by atoms with Crippen molar-refractivity contribution in [1.29, 1.82) is 0 Å². The topological polar surface area (TPSA) is 26.3 Å². The maximum absolute atomic E-state index is 12.0. The molecule has 1 fully saturated rings. The lowest BCUT2D eigenvalue weighted by Crippen LogP contribution is -2.26. The molecule has 0 saturated heterocycles. The number of carbonyl (C=O) groups excluding carboxylic acids is 1. The van der Waals surface area contributed by atoms with E-state index in [2.05, 4.69) is 6.92 Å². The van der Waals surface area contributed by atoms with Crippen molar-refractivity contribution in [3.8, 4) is 5.75 Å². The van der Waals surface area contributed by atoms with Gasteiger partial charge in [0.1, 0.15) is 12.4 Å². The van der Waals surface area contributed by atoms with Crippen LogP contribution in [0.5, 0.6) is 5.75 Å². The lowest BCUT2D eigenvalue weighted by atomic mass is 9.80. The predicted molar refractivity (Wildman–Crippen MR) is 68.1 cm³/mol. The first kappa shape index (κ1) is 12.2. The van der Waals surface area contributed by atoms with Gasteiger partial charge in [-0.15, -0.1) is 0 Å². The van der Waals surface area contributed by atoms with E-state index in [0.717, 1.165) is 18.6 Å². The van der Waals surface area contributed by atoms with Crippen molar-refractivity contribution in [1.82, 2.24) is 0 Å². The second-order valence-corrected chi connectivity index (χ2v) is 5.04. The third-order valence-corrected chi connectivity index (χ3v) is 3.52. The molecule has 1 aromatic rings. The summed E-state index contributed by atoms with van der Waals surface area (Å²) >= 11 is 0. The van der Waals surface area contributed by atoms with E-state index in [1.165, 1.54) is 12.8 Å². The molecule has 0 amide bonds. The molecule has 1 saturated carbocycles. The highest BCUT2D eigenvalue weighted by Gasteiger charge is 2.24. The third kappa shape index (κ3) is 3.58. The number of ether oxygens (including phenoxy) is 1. The fourth-order valence-corrected chi connectivity index (χ4v) is 2.52. The molecule has 2 nitrogen and oxygen atoms in total. The monoisotopic (exact) mass is 232 g/mol. The first-order valence-electron chi connectivity index (χ1n) is 6.46. The van der Waals surface area contributed by atoms with Crippen LogP contribution >= 0.6 is 0 Å². The van der Waals surface area contributed by atoms with Gasteiger partial charge in [0.2, 0.25) is 0 Å². The van der Waals surface area contributed by atoms with Crippen molar-refractivity contribution in [3.63, 3.8) is 0 Å². The highest BCUT2D eigenvalue weighted by molar-refractivity contribution is 5.82. The van der Waals surface area contributed by atoms with Gasteiger partial charge in [0, 0.05) is 5.92 Å². The number of para-hydroxylation sites is 1. The maximum atomic E-state index is 12.0. The highest BCUT2D eigenvalue weighted by Crippen LogP contribution is 2.29. The third-order valence-electron chi connectivity index (χ3n) is 3.52. The Labute approximate surface area is 103 Å². The van der Waals surface area contributed by atoms with Crippen LogP contribution < -0.4 is 4.74 Å². The second kappa shape index (κ2) is 5.85. The second-order valence-electron chi connectivity index (χ2n) is 5.04. The van der Waals surface area contributed by atoms with Crippen LogP contribution in [0.25, 0.3) is 0 Å². The Balaban J connectivity index is 1.81. The number of rotatable bonds is 4. The molecule has 1 aliphatic carbocycles. The Bertz CT molecular complexity index is 358. The zero-order valence-corrected chi connectivity index (χ0v) is 10.4. The quantitative estimate of drug-likeness (QED) is 0.794. The Hall–Kier alpha value is -1.31. The molecule has 0 N–H and O–H groups in total. The number of Topliss-reactive ketones (excluding diaryl/α,β-unsaturated/α-hetero) is 1. The standard InChI is InChI=1S/C15H20O2/c1-12-6-5-7-13(10-12)15(16)11-17-14-8-3-2-4-9-14/h2-4,8-9,12-13H,5-7,10-11H2,1H3. The predicted octanol–water partition coefficient (Wildman–Crippen LogP) is 3.46. The van der Waals surface area contributed by atoms with Crippen molar-refractivity contribution in [3.05, 3.63) is 30.3 Å². The molecule has 1 aliphatic rings. The summed E-state index contributed by atoms with van der Waals surface area (Å²) in [6, 6.07) is 9.55. The fraction of sp³-hybridized carbons (Fsp3) is 0.533. The van der Waals surface area contributed by atoms with E-state index in [0.29, 0.717) is 5.92 Å². The normalized spacial score (nSPS) is 24.3. The van der Waals surface area contributed by atoms with Crippen molar-refractivity contribution in [2.75, 3.05) is 6.61 Å². The zero-order valence-electron chi connectivity index (χ0n) is 10.4. The lowest BCUT2D eigenvalue weighted by molar-refractivity contribution is -0.126. The van der Waals surface area contributed by atoms with Crippen molar-refractivity contribution < 1.29 is 9.53 Å². The van der Waals surface area contributed by atoms with Crippen LogP contribution in [0.4, 0.5) is 0 Å². The minimum atomic E-state index is 0.224. The summed E-state index contributed by atoms with van der Waals surface area (Å²) < 4.78 is 5.51. The maximum Gasteiger partial charge on any atom is 0.173 e. The van der Waals surface area contributed by atoms with E-state index in [1.807, 2.05) is 30.3 Å². The van der Waals surface area contributed by atoms with Gasteiger partial charge in [-0.3, -0.25) is 4.79 Å². The molecule has 2 heteroatoms. The van der Waals surface area contributed by atoms with Gasteiger partial charge in [-0.05, 0) is 30.9 Å². The van der Waals surface area contributed by atoms with E-state index >= 15 is 0 Å². The average molecular weight is 232 g/mol. The van der Waals surface area contributed by atoms with Crippen LogP contribution in [-0.2, 0) is 4.79 Å². The molecule has 0 heterocycles. The number of hydrogen-bond acceptors (Lipinski definition) is 2. The molecule has 1 aromatic carbocycles. The average Bonchev–Trinajstić information content (AvgIpc) is 2.37. The van der Waals surface area contributed by atoms with E-state index in [9.17, 15) is 4.79 Å². The van der Waals surface area contributed by atoms with Gasteiger partial charge in [-0.2, -0.15) is 0 Å². The highest BCUT2D eigenvalue weighted by atomic mass is 16.5. The van der Waals surface area contributed by atoms with Crippen LogP contribution in [0.15, 0.2) is 30.3 Å². The number of hydrogen-bond donors (Lipinski definition) is 0.